The van der Waals surface area contributed by atoms with Crippen LogP contribution in [0.15, 0.2) is 47.5 Å². The molecule has 0 fully saturated rings. The maximum atomic E-state index is 12.1. The Bertz CT molecular complexity index is 1600. The first kappa shape index (κ1) is 28.0. The normalized spacial score (nSPS) is 12.5. The Kier molecular flexibility index (Phi) is 6.49. The molecular formula is C27H25N5O8. The number of hydrogen-bond donors (Lipinski definition) is 0. The summed E-state index contributed by atoms with van der Waals surface area (Å²) >= 11 is 0. The molecule has 3 aromatic carbocycles. The predicted octanol–water partition coefficient (Wildman–Crippen LogP) is 7.06. The number of nitro benzene ring substituents is 4. The van der Waals surface area contributed by atoms with Gasteiger partial charge < -0.3 is 0 Å². The van der Waals surface area contributed by atoms with Gasteiger partial charge in [0.2, 0.25) is 0 Å². The van der Waals surface area contributed by atoms with Gasteiger partial charge in [-0.15, -0.1) is 0 Å². The molecule has 4 rings (SSSR count). The molecular weight excluding hydrogens is 522 g/mol. The Hall–Kier alpha value is -5.07. The standard InChI is InChI=1S/C27H25N5O8/c1-26(2,3)14-7-8-19(27(4,5)6)20(9-14)28-25-17-10-15(29(33)34)12-21(31(37)38)23(17)24-18(25)11-16(30(35)36)13-22(24)32(39)40/h7-13H,1-6H3. The zero-order valence-corrected chi connectivity index (χ0v) is 22.5. The maximum Gasteiger partial charge on any atom is 0.285 e. The number of fused-ring (bicyclic) bond motifs is 3. The van der Waals surface area contributed by atoms with Crippen molar-refractivity contribution in [3.63, 3.8) is 0 Å². The molecule has 0 bridgehead atoms. The van der Waals surface area contributed by atoms with E-state index in [1.165, 1.54) is 0 Å². The molecule has 0 unspecified atom stereocenters. The van der Waals surface area contributed by atoms with Gasteiger partial charge in [-0.2, -0.15) is 0 Å². The van der Waals surface area contributed by atoms with Gasteiger partial charge in [-0.05, 0) is 28.0 Å². The Morgan fingerprint density at radius 3 is 1.40 bits per heavy atom. The van der Waals surface area contributed by atoms with Crippen LogP contribution in [0, 0.1) is 40.5 Å². The highest BCUT2D eigenvalue weighted by Gasteiger charge is 2.41. The van der Waals surface area contributed by atoms with Gasteiger partial charge in [-0.1, -0.05) is 53.7 Å². The molecule has 3 aromatic rings. The van der Waals surface area contributed by atoms with Crippen LogP contribution in [0.25, 0.3) is 11.1 Å². The lowest BCUT2D eigenvalue weighted by Crippen LogP contribution is -2.15. The van der Waals surface area contributed by atoms with Crippen LogP contribution in [0.5, 0.6) is 0 Å². The first-order valence-electron chi connectivity index (χ1n) is 12.1. The SMILES string of the molecule is CC(C)(C)c1ccc(C(C)(C)C)c(N=C2c3cc([N+](=O)[O-])cc([N+](=O)[O-])c3-c3c2cc([N+](=O)[O-])cc3[N+](=O)[O-])c1. The van der Waals surface area contributed by atoms with Crippen molar-refractivity contribution in [2.24, 2.45) is 4.99 Å². The summed E-state index contributed by atoms with van der Waals surface area (Å²) < 4.78 is 0. The average molecular weight is 548 g/mol. The minimum Gasteiger partial charge on any atom is -0.258 e. The summed E-state index contributed by atoms with van der Waals surface area (Å²) in [7, 11) is 0. The Morgan fingerprint density at radius 1 is 0.600 bits per heavy atom. The summed E-state index contributed by atoms with van der Waals surface area (Å²) in [5.41, 5.74) is -2.15. The molecule has 0 heterocycles. The van der Waals surface area contributed by atoms with E-state index in [2.05, 4.69) is 0 Å². The van der Waals surface area contributed by atoms with Crippen LogP contribution in [0.4, 0.5) is 28.4 Å². The second-order valence-electron chi connectivity index (χ2n) is 11.5. The third kappa shape index (κ3) is 4.77. The van der Waals surface area contributed by atoms with E-state index in [4.69, 9.17) is 4.99 Å². The highest BCUT2D eigenvalue weighted by molar-refractivity contribution is 6.28. The molecule has 0 amide bonds. The molecule has 1 aliphatic rings. The van der Waals surface area contributed by atoms with Gasteiger partial charge in [0.15, 0.2) is 0 Å². The minimum absolute atomic E-state index is 0.0693. The van der Waals surface area contributed by atoms with Crippen LogP contribution in [0.3, 0.4) is 0 Å². The molecule has 0 radical (unpaired) electrons. The summed E-state index contributed by atoms with van der Waals surface area (Å²) in [6.45, 7) is 11.8. The number of aliphatic imine (C=N–C) groups is 1. The second-order valence-corrected chi connectivity index (χ2v) is 11.5. The largest absolute Gasteiger partial charge is 0.285 e. The van der Waals surface area contributed by atoms with Gasteiger partial charge in [-0.25, -0.2) is 4.99 Å². The van der Waals surface area contributed by atoms with E-state index < -0.39 is 47.9 Å². The van der Waals surface area contributed by atoms with Crippen LogP contribution in [0.2, 0.25) is 0 Å². The number of rotatable bonds is 5. The zero-order valence-electron chi connectivity index (χ0n) is 22.5. The van der Waals surface area contributed by atoms with E-state index in [-0.39, 0.29) is 33.4 Å². The van der Waals surface area contributed by atoms with Gasteiger partial charge in [0.05, 0.1) is 54.4 Å². The fourth-order valence-corrected chi connectivity index (χ4v) is 4.73. The molecule has 0 saturated carbocycles. The molecule has 0 aliphatic heterocycles. The summed E-state index contributed by atoms with van der Waals surface area (Å²) in [5, 5.41) is 47.6. The van der Waals surface area contributed by atoms with E-state index >= 15 is 0 Å². The molecule has 40 heavy (non-hydrogen) atoms. The maximum absolute atomic E-state index is 12.1. The topological polar surface area (TPSA) is 185 Å². The van der Waals surface area contributed by atoms with Crippen molar-refractivity contribution < 1.29 is 19.7 Å². The van der Waals surface area contributed by atoms with E-state index in [1.807, 2.05) is 59.7 Å². The van der Waals surface area contributed by atoms with Gasteiger partial charge in [0.1, 0.15) is 0 Å². The Balaban J connectivity index is 2.24. The molecule has 206 valence electrons. The summed E-state index contributed by atoms with van der Waals surface area (Å²) in [6, 6.07) is 9.22. The van der Waals surface area contributed by atoms with Crippen molar-refractivity contribution in [2.45, 2.75) is 52.4 Å². The van der Waals surface area contributed by atoms with Crippen molar-refractivity contribution in [3.8, 4) is 11.1 Å². The zero-order chi connectivity index (χ0) is 29.9. The Morgan fingerprint density at radius 2 is 1.05 bits per heavy atom. The molecule has 0 atom stereocenters. The smallest absolute Gasteiger partial charge is 0.258 e. The summed E-state index contributed by atoms with van der Waals surface area (Å²) in [6.07, 6.45) is 0. The van der Waals surface area contributed by atoms with Crippen LogP contribution >= 0.6 is 0 Å². The molecule has 13 nitrogen and oxygen atoms in total. The van der Waals surface area contributed by atoms with Gasteiger partial charge >= 0.3 is 0 Å². The van der Waals surface area contributed by atoms with E-state index in [0.717, 1.165) is 35.4 Å². The lowest BCUT2D eigenvalue weighted by molar-refractivity contribution is -0.395. The van der Waals surface area contributed by atoms with Crippen LogP contribution in [-0.4, -0.2) is 25.4 Å². The fourth-order valence-electron chi connectivity index (χ4n) is 4.73. The van der Waals surface area contributed by atoms with Crippen molar-refractivity contribution in [2.75, 3.05) is 0 Å². The predicted molar refractivity (Wildman–Crippen MR) is 148 cm³/mol. The number of nitrogens with zero attached hydrogens (tertiary/aromatic N) is 5. The van der Waals surface area contributed by atoms with Gasteiger partial charge in [-0.3, -0.25) is 40.5 Å². The molecule has 13 heteroatoms. The lowest BCUT2D eigenvalue weighted by Gasteiger charge is -2.25. The van der Waals surface area contributed by atoms with Crippen molar-refractivity contribution >= 4 is 34.1 Å². The molecule has 0 aromatic heterocycles. The van der Waals surface area contributed by atoms with E-state index in [1.54, 1.807) is 0 Å². The summed E-state index contributed by atoms with van der Waals surface area (Å²) in [5.74, 6) is 0. The summed E-state index contributed by atoms with van der Waals surface area (Å²) in [4.78, 5) is 49.0. The fraction of sp³-hybridized carbons (Fsp3) is 0.296. The van der Waals surface area contributed by atoms with E-state index in [0.29, 0.717) is 5.69 Å². The number of nitro groups is 4. The van der Waals surface area contributed by atoms with Crippen molar-refractivity contribution in [1.29, 1.82) is 0 Å². The molecule has 0 N–H and O–H groups in total. The third-order valence-corrected chi connectivity index (χ3v) is 6.68. The lowest BCUT2D eigenvalue weighted by atomic mass is 9.81. The van der Waals surface area contributed by atoms with Gasteiger partial charge in [0, 0.05) is 23.3 Å². The highest BCUT2D eigenvalue weighted by atomic mass is 16.6. The highest BCUT2D eigenvalue weighted by Crippen LogP contribution is 2.51. The van der Waals surface area contributed by atoms with Crippen LogP contribution in [0.1, 0.15) is 63.8 Å². The third-order valence-electron chi connectivity index (χ3n) is 6.68. The first-order valence-corrected chi connectivity index (χ1v) is 12.1. The quantitative estimate of drug-likeness (QED) is 0.187. The minimum atomic E-state index is -0.871. The monoisotopic (exact) mass is 547 g/mol. The second kappa shape index (κ2) is 9.29. The Labute approximate surface area is 227 Å². The average Bonchev–Trinajstić information content (AvgIpc) is 3.14. The number of hydrogen-bond acceptors (Lipinski definition) is 9. The number of non-ortho nitro benzene ring substituents is 2. The first-order chi connectivity index (χ1) is 18.4. The van der Waals surface area contributed by atoms with Crippen LogP contribution < -0.4 is 0 Å². The molecule has 0 saturated heterocycles. The van der Waals surface area contributed by atoms with Crippen LogP contribution in [-0.2, 0) is 10.8 Å². The van der Waals surface area contributed by atoms with E-state index in [9.17, 15) is 40.5 Å². The molecule has 0 spiro atoms. The van der Waals surface area contributed by atoms with Crippen molar-refractivity contribution in [1.82, 2.24) is 0 Å². The van der Waals surface area contributed by atoms with Gasteiger partial charge in [0.25, 0.3) is 22.7 Å². The van der Waals surface area contributed by atoms with Crippen molar-refractivity contribution in [3.05, 3.63) is 105 Å². The number of benzene rings is 3. The molecule has 1 aliphatic carbocycles.